The van der Waals surface area contributed by atoms with Crippen LogP contribution in [-0.4, -0.2) is 58.0 Å². The van der Waals surface area contributed by atoms with Crippen LogP contribution in [-0.2, 0) is 9.59 Å². The first-order chi connectivity index (χ1) is 14.5. The van der Waals surface area contributed by atoms with E-state index in [0.29, 0.717) is 19.4 Å². The van der Waals surface area contributed by atoms with Gasteiger partial charge in [0.05, 0.1) is 0 Å². The molecule has 0 bridgehead atoms. The van der Waals surface area contributed by atoms with Gasteiger partial charge in [-0.25, -0.2) is 4.79 Å². The van der Waals surface area contributed by atoms with Crippen LogP contribution in [0.2, 0.25) is 0 Å². The lowest BCUT2D eigenvalue weighted by Gasteiger charge is -2.30. The van der Waals surface area contributed by atoms with Gasteiger partial charge in [0.25, 0.3) is 5.91 Å². The van der Waals surface area contributed by atoms with Gasteiger partial charge in [0, 0.05) is 26.1 Å². The first kappa shape index (κ1) is 20.4. The van der Waals surface area contributed by atoms with Crippen molar-refractivity contribution < 1.29 is 19.5 Å². The Hall–Kier alpha value is -2.87. The van der Waals surface area contributed by atoms with E-state index in [1.165, 1.54) is 5.57 Å². The van der Waals surface area contributed by atoms with Crippen molar-refractivity contribution in [2.45, 2.75) is 50.5 Å². The van der Waals surface area contributed by atoms with Crippen molar-refractivity contribution in [2.75, 3.05) is 19.6 Å². The van der Waals surface area contributed by atoms with Crippen LogP contribution in [0.1, 0.15) is 50.5 Å². The van der Waals surface area contributed by atoms with E-state index in [-0.39, 0.29) is 24.0 Å². The molecule has 1 saturated heterocycles. The van der Waals surface area contributed by atoms with Crippen LogP contribution in [0.4, 0.5) is 4.79 Å². The summed E-state index contributed by atoms with van der Waals surface area (Å²) < 4.78 is 0. The van der Waals surface area contributed by atoms with Crippen molar-refractivity contribution in [3.63, 3.8) is 0 Å². The molecule has 1 aromatic rings. The average Bonchev–Trinajstić information content (AvgIpc) is 2.97. The summed E-state index contributed by atoms with van der Waals surface area (Å²) in [5, 5.41) is 13.1. The van der Waals surface area contributed by atoms with Gasteiger partial charge in [-0.15, -0.1) is 0 Å². The van der Waals surface area contributed by atoms with E-state index < -0.39 is 11.6 Å². The number of amides is 4. The molecule has 0 aromatic heterocycles. The summed E-state index contributed by atoms with van der Waals surface area (Å²) >= 11 is 0. The third-order valence-corrected chi connectivity index (χ3v) is 6.29. The number of nitrogens with zero attached hydrogens (tertiary/aromatic N) is 2. The Balaban J connectivity index is 1.26. The van der Waals surface area contributed by atoms with E-state index in [9.17, 15) is 19.5 Å². The molecule has 3 N–H and O–H groups in total. The summed E-state index contributed by atoms with van der Waals surface area (Å²) in [4.78, 5) is 39.5. The highest BCUT2D eigenvalue weighted by molar-refractivity contribution is 6.08. The van der Waals surface area contributed by atoms with E-state index in [2.05, 4.69) is 21.7 Å². The maximum atomic E-state index is 12.7. The molecule has 8 heteroatoms. The lowest BCUT2D eigenvalue weighted by Crippen LogP contribution is -2.51. The Labute approximate surface area is 175 Å². The van der Waals surface area contributed by atoms with Crippen LogP contribution in [0.5, 0.6) is 5.75 Å². The minimum atomic E-state index is -0.828. The van der Waals surface area contributed by atoms with E-state index in [1.54, 1.807) is 12.1 Å². The SMILES string of the molecule is O=C(CCN1CC=C(c2ccc(O)cc2)CC1)NN1C(=O)NC2(CCCCC2)C1=O. The standard InChI is InChI=1S/C22H28N4O4/c27-18-6-4-16(5-7-18)17-8-13-25(14-9-17)15-10-19(28)24-26-20(29)22(23-21(26)30)11-2-1-3-12-22/h4-8,27H,1-3,9-15H2,(H,23,30)(H,24,28). The summed E-state index contributed by atoms with van der Waals surface area (Å²) in [5.74, 6) is -0.415. The van der Waals surface area contributed by atoms with Gasteiger partial charge in [-0.05, 0) is 42.5 Å². The molecule has 30 heavy (non-hydrogen) atoms. The third kappa shape index (κ3) is 4.18. The molecule has 0 radical (unpaired) electrons. The van der Waals surface area contributed by atoms with Crippen molar-refractivity contribution in [1.29, 1.82) is 0 Å². The molecule has 2 heterocycles. The number of carbonyl (C=O) groups excluding carboxylic acids is 3. The number of phenolic OH excluding ortho intramolecular Hbond substituents is 1. The van der Waals surface area contributed by atoms with Crippen molar-refractivity contribution >= 4 is 23.4 Å². The predicted molar refractivity (Wildman–Crippen MR) is 111 cm³/mol. The van der Waals surface area contributed by atoms with Gasteiger partial charge < -0.3 is 10.4 Å². The molecular weight excluding hydrogens is 384 g/mol. The molecule has 1 spiro atoms. The summed E-state index contributed by atoms with van der Waals surface area (Å²) in [6.45, 7) is 2.11. The monoisotopic (exact) mass is 412 g/mol. The fraction of sp³-hybridized carbons (Fsp3) is 0.500. The molecule has 2 fully saturated rings. The van der Waals surface area contributed by atoms with Crippen molar-refractivity contribution in [3.05, 3.63) is 35.9 Å². The molecule has 4 rings (SSSR count). The number of phenols is 1. The smallest absolute Gasteiger partial charge is 0.344 e. The summed E-state index contributed by atoms with van der Waals surface area (Å²) in [6, 6.07) is 6.64. The van der Waals surface area contributed by atoms with Crippen molar-refractivity contribution in [2.24, 2.45) is 0 Å². The number of hydrogen-bond donors (Lipinski definition) is 3. The Kier molecular flexibility index (Phi) is 5.76. The lowest BCUT2D eigenvalue weighted by molar-refractivity contribution is -0.140. The maximum Gasteiger partial charge on any atom is 0.344 e. The second kappa shape index (κ2) is 8.47. The zero-order valence-corrected chi connectivity index (χ0v) is 17.0. The molecular formula is C22H28N4O4. The minimum Gasteiger partial charge on any atom is -0.508 e. The highest BCUT2D eigenvalue weighted by Gasteiger charge is 2.52. The van der Waals surface area contributed by atoms with Crippen molar-refractivity contribution in [3.8, 4) is 5.75 Å². The predicted octanol–water partition coefficient (Wildman–Crippen LogP) is 2.16. The normalized spacial score (nSPS) is 21.5. The summed E-state index contributed by atoms with van der Waals surface area (Å²) in [5.41, 5.74) is 4.00. The van der Waals surface area contributed by atoms with Gasteiger partial charge in [0.2, 0.25) is 5.91 Å². The van der Waals surface area contributed by atoms with Crippen LogP contribution in [0.25, 0.3) is 5.57 Å². The summed E-state index contributed by atoms with van der Waals surface area (Å²) in [6.07, 6.45) is 7.36. The molecule has 1 aliphatic carbocycles. The molecule has 8 nitrogen and oxygen atoms in total. The van der Waals surface area contributed by atoms with E-state index in [0.717, 1.165) is 49.3 Å². The molecule has 3 aliphatic rings. The fourth-order valence-electron chi connectivity index (χ4n) is 4.51. The minimum absolute atomic E-state index is 0.215. The number of carbonyl (C=O) groups is 3. The zero-order chi connectivity index (χ0) is 21.1. The first-order valence-corrected chi connectivity index (χ1v) is 10.6. The molecule has 1 saturated carbocycles. The van der Waals surface area contributed by atoms with Gasteiger partial charge in [-0.2, -0.15) is 5.01 Å². The Morgan fingerprint density at radius 3 is 2.53 bits per heavy atom. The Bertz CT molecular complexity index is 858. The van der Waals surface area contributed by atoms with Crippen LogP contribution < -0.4 is 10.7 Å². The van der Waals surface area contributed by atoms with Crippen molar-refractivity contribution in [1.82, 2.24) is 20.7 Å². The maximum absolute atomic E-state index is 12.7. The lowest BCUT2D eigenvalue weighted by atomic mass is 9.82. The van der Waals surface area contributed by atoms with Crippen LogP contribution >= 0.6 is 0 Å². The Morgan fingerprint density at radius 2 is 1.87 bits per heavy atom. The average molecular weight is 412 g/mol. The van der Waals surface area contributed by atoms with Gasteiger partial charge in [0.15, 0.2) is 0 Å². The quantitative estimate of drug-likeness (QED) is 0.644. The number of imide groups is 1. The molecule has 4 amide bonds. The first-order valence-electron chi connectivity index (χ1n) is 10.6. The van der Waals surface area contributed by atoms with Gasteiger partial charge in [0.1, 0.15) is 11.3 Å². The largest absolute Gasteiger partial charge is 0.508 e. The second-order valence-electron chi connectivity index (χ2n) is 8.33. The number of hydrazine groups is 1. The number of urea groups is 1. The third-order valence-electron chi connectivity index (χ3n) is 6.29. The number of aromatic hydroxyl groups is 1. The summed E-state index contributed by atoms with van der Waals surface area (Å²) in [7, 11) is 0. The van der Waals surface area contributed by atoms with E-state index in [1.807, 2.05) is 12.1 Å². The molecule has 2 aliphatic heterocycles. The van der Waals surface area contributed by atoms with Crippen LogP contribution in [0.15, 0.2) is 30.3 Å². The molecule has 0 unspecified atom stereocenters. The second-order valence-corrected chi connectivity index (χ2v) is 8.33. The number of rotatable bonds is 5. The van der Waals surface area contributed by atoms with Gasteiger partial charge in [-0.1, -0.05) is 37.5 Å². The van der Waals surface area contributed by atoms with Crippen LogP contribution in [0, 0.1) is 0 Å². The van der Waals surface area contributed by atoms with E-state index in [4.69, 9.17) is 0 Å². The van der Waals surface area contributed by atoms with Gasteiger partial charge >= 0.3 is 6.03 Å². The topological polar surface area (TPSA) is 102 Å². The molecule has 160 valence electrons. The molecule has 1 aromatic carbocycles. The zero-order valence-electron chi connectivity index (χ0n) is 17.0. The van der Waals surface area contributed by atoms with Crippen LogP contribution in [0.3, 0.4) is 0 Å². The fourth-order valence-corrected chi connectivity index (χ4v) is 4.51. The molecule has 0 atom stereocenters. The highest BCUT2D eigenvalue weighted by Crippen LogP contribution is 2.33. The van der Waals surface area contributed by atoms with Gasteiger partial charge in [-0.3, -0.25) is 19.9 Å². The van der Waals surface area contributed by atoms with E-state index >= 15 is 0 Å². The highest BCUT2D eigenvalue weighted by atomic mass is 16.3. The number of nitrogens with one attached hydrogen (secondary N) is 2. The number of benzene rings is 1. The Morgan fingerprint density at radius 1 is 1.13 bits per heavy atom. The number of hydrogen-bond acceptors (Lipinski definition) is 5.